The lowest BCUT2D eigenvalue weighted by atomic mass is 10.1. The van der Waals surface area contributed by atoms with Crippen LogP contribution in [0.3, 0.4) is 0 Å². The summed E-state index contributed by atoms with van der Waals surface area (Å²) in [5.41, 5.74) is 0.751. The topological polar surface area (TPSA) is 50.4 Å². The van der Waals surface area contributed by atoms with Crippen molar-refractivity contribution in [2.75, 3.05) is 18.5 Å². The molecular formula is C14H19ClN2O2. The van der Waals surface area contributed by atoms with E-state index in [1.165, 1.54) is 0 Å². The van der Waals surface area contributed by atoms with E-state index in [0.29, 0.717) is 5.02 Å². The largest absolute Gasteiger partial charge is 0.377 e. The van der Waals surface area contributed by atoms with E-state index in [2.05, 4.69) is 10.6 Å². The number of anilines is 1. The van der Waals surface area contributed by atoms with E-state index >= 15 is 0 Å². The van der Waals surface area contributed by atoms with Crippen LogP contribution in [0.4, 0.5) is 5.69 Å². The number of carbonyl (C=O) groups excluding carboxylic acids is 1. The number of amides is 1. The highest BCUT2D eigenvalue weighted by atomic mass is 35.5. The van der Waals surface area contributed by atoms with Gasteiger partial charge in [-0.2, -0.15) is 0 Å². The van der Waals surface area contributed by atoms with Gasteiger partial charge >= 0.3 is 0 Å². The summed E-state index contributed by atoms with van der Waals surface area (Å²) in [6, 6.07) is 7.26. The minimum atomic E-state index is -0.0628. The summed E-state index contributed by atoms with van der Waals surface area (Å²) in [5.74, 6) is -0.0628. The van der Waals surface area contributed by atoms with E-state index in [4.69, 9.17) is 16.3 Å². The highest BCUT2D eigenvalue weighted by Gasteiger charge is 2.22. The minimum Gasteiger partial charge on any atom is -0.377 e. The van der Waals surface area contributed by atoms with Crippen LogP contribution in [-0.4, -0.2) is 31.2 Å². The van der Waals surface area contributed by atoms with Crippen LogP contribution in [0.25, 0.3) is 0 Å². The number of nitrogens with one attached hydrogen (secondary N) is 2. The van der Waals surface area contributed by atoms with Crippen LogP contribution in [-0.2, 0) is 9.53 Å². The molecule has 1 aliphatic rings. The van der Waals surface area contributed by atoms with Crippen molar-refractivity contribution in [3.8, 4) is 0 Å². The summed E-state index contributed by atoms with van der Waals surface area (Å²) in [5, 5.41) is 6.66. The minimum absolute atomic E-state index is 0.0628. The van der Waals surface area contributed by atoms with Gasteiger partial charge in [0, 0.05) is 23.4 Å². The molecule has 0 spiro atoms. The average Bonchev–Trinajstić information content (AvgIpc) is 2.93. The maximum absolute atomic E-state index is 11.8. The van der Waals surface area contributed by atoms with Crippen molar-refractivity contribution in [3.05, 3.63) is 29.3 Å². The number of ether oxygens (including phenoxy) is 1. The molecule has 5 heteroatoms. The van der Waals surface area contributed by atoms with E-state index < -0.39 is 0 Å². The van der Waals surface area contributed by atoms with Crippen LogP contribution >= 0.6 is 11.6 Å². The third kappa shape index (κ3) is 4.49. The zero-order chi connectivity index (χ0) is 13.7. The van der Waals surface area contributed by atoms with E-state index in [-0.39, 0.29) is 24.6 Å². The van der Waals surface area contributed by atoms with Gasteiger partial charge in [-0.25, -0.2) is 0 Å². The van der Waals surface area contributed by atoms with Crippen LogP contribution in [0.15, 0.2) is 24.3 Å². The van der Waals surface area contributed by atoms with E-state index in [1.807, 2.05) is 6.92 Å². The Hall–Kier alpha value is -1.10. The van der Waals surface area contributed by atoms with E-state index in [1.54, 1.807) is 24.3 Å². The highest BCUT2D eigenvalue weighted by molar-refractivity contribution is 6.30. The van der Waals surface area contributed by atoms with Crippen molar-refractivity contribution < 1.29 is 9.53 Å². The van der Waals surface area contributed by atoms with Crippen LogP contribution in [0.2, 0.25) is 5.02 Å². The Balaban J connectivity index is 1.73. The zero-order valence-electron chi connectivity index (χ0n) is 11.0. The molecule has 2 unspecified atom stereocenters. The third-order valence-corrected chi connectivity index (χ3v) is 3.49. The van der Waals surface area contributed by atoms with Crippen molar-refractivity contribution in [2.45, 2.75) is 31.9 Å². The Bertz CT molecular complexity index is 416. The van der Waals surface area contributed by atoms with Gasteiger partial charge in [0.05, 0.1) is 12.6 Å². The Morgan fingerprint density at radius 1 is 1.47 bits per heavy atom. The molecule has 1 saturated heterocycles. The number of rotatable bonds is 5. The first-order valence-corrected chi connectivity index (χ1v) is 6.93. The fourth-order valence-corrected chi connectivity index (χ4v) is 2.25. The van der Waals surface area contributed by atoms with Crippen LogP contribution < -0.4 is 10.6 Å². The summed E-state index contributed by atoms with van der Waals surface area (Å²) in [6.07, 6.45) is 2.39. The first kappa shape index (κ1) is 14.3. The first-order chi connectivity index (χ1) is 9.15. The lowest BCUT2D eigenvalue weighted by Crippen LogP contribution is -2.41. The second-order valence-electron chi connectivity index (χ2n) is 4.78. The van der Waals surface area contributed by atoms with Crippen molar-refractivity contribution in [1.29, 1.82) is 0 Å². The smallest absolute Gasteiger partial charge is 0.238 e. The molecule has 0 aromatic heterocycles. The third-order valence-electron chi connectivity index (χ3n) is 3.24. The quantitative estimate of drug-likeness (QED) is 0.872. The number of hydrogen-bond acceptors (Lipinski definition) is 3. The number of hydrogen-bond donors (Lipinski definition) is 2. The predicted molar refractivity (Wildman–Crippen MR) is 76.5 cm³/mol. The first-order valence-electron chi connectivity index (χ1n) is 6.55. The Morgan fingerprint density at radius 3 is 2.84 bits per heavy atom. The molecule has 2 N–H and O–H groups in total. The molecule has 0 bridgehead atoms. The lowest BCUT2D eigenvalue weighted by molar-refractivity contribution is -0.115. The molecule has 1 heterocycles. The standard InChI is InChI=1S/C14H19ClN2O2/c1-10(13-3-2-8-19-13)16-9-14(18)17-12-6-4-11(15)5-7-12/h4-7,10,13,16H,2-3,8-9H2,1H3,(H,17,18). The summed E-state index contributed by atoms with van der Waals surface area (Å²) in [7, 11) is 0. The summed E-state index contributed by atoms with van der Waals surface area (Å²) < 4.78 is 5.57. The molecule has 1 amide bonds. The van der Waals surface area contributed by atoms with Gasteiger partial charge in [-0.15, -0.1) is 0 Å². The molecule has 1 aliphatic heterocycles. The van der Waals surface area contributed by atoms with Crippen molar-refractivity contribution in [1.82, 2.24) is 5.32 Å². The maximum atomic E-state index is 11.8. The Morgan fingerprint density at radius 2 is 2.21 bits per heavy atom. The number of halogens is 1. The van der Waals surface area contributed by atoms with Crippen LogP contribution in [0.1, 0.15) is 19.8 Å². The molecule has 0 saturated carbocycles. The molecule has 4 nitrogen and oxygen atoms in total. The van der Waals surface area contributed by atoms with Gasteiger partial charge in [-0.1, -0.05) is 11.6 Å². The van der Waals surface area contributed by atoms with E-state index in [0.717, 1.165) is 25.1 Å². The fourth-order valence-electron chi connectivity index (χ4n) is 2.12. The van der Waals surface area contributed by atoms with Gasteiger partial charge in [0.2, 0.25) is 5.91 Å². The summed E-state index contributed by atoms with van der Waals surface area (Å²) in [6.45, 7) is 3.16. The lowest BCUT2D eigenvalue weighted by Gasteiger charge is -2.19. The van der Waals surface area contributed by atoms with Gasteiger partial charge in [-0.3, -0.25) is 4.79 Å². The highest BCUT2D eigenvalue weighted by Crippen LogP contribution is 2.15. The molecule has 19 heavy (non-hydrogen) atoms. The Kier molecular flexibility index (Phi) is 5.19. The molecule has 0 radical (unpaired) electrons. The van der Waals surface area contributed by atoms with E-state index in [9.17, 15) is 4.79 Å². The Labute approximate surface area is 118 Å². The van der Waals surface area contributed by atoms with Gasteiger partial charge < -0.3 is 15.4 Å². The monoisotopic (exact) mass is 282 g/mol. The van der Waals surface area contributed by atoms with Crippen LogP contribution in [0, 0.1) is 0 Å². The molecule has 104 valence electrons. The SMILES string of the molecule is CC(NCC(=O)Nc1ccc(Cl)cc1)C1CCCO1. The molecule has 2 atom stereocenters. The molecule has 1 aromatic rings. The van der Waals surface area contributed by atoms with Crippen molar-refractivity contribution in [2.24, 2.45) is 0 Å². The second kappa shape index (κ2) is 6.89. The normalized spacial score (nSPS) is 20.2. The average molecular weight is 283 g/mol. The van der Waals surface area contributed by atoms with Gasteiger partial charge in [0.25, 0.3) is 0 Å². The van der Waals surface area contributed by atoms with Gasteiger partial charge in [0.15, 0.2) is 0 Å². The van der Waals surface area contributed by atoms with Crippen molar-refractivity contribution in [3.63, 3.8) is 0 Å². The molecular weight excluding hydrogens is 264 g/mol. The van der Waals surface area contributed by atoms with Gasteiger partial charge in [0.1, 0.15) is 0 Å². The maximum Gasteiger partial charge on any atom is 0.238 e. The molecule has 1 aromatic carbocycles. The molecule has 2 rings (SSSR count). The van der Waals surface area contributed by atoms with Crippen LogP contribution in [0.5, 0.6) is 0 Å². The van der Waals surface area contributed by atoms with Gasteiger partial charge in [-0.05, 0) is 44.0 Å². The molecule has 0 aliphatic carbocycles. The number of benzene rings is 1. The van der Waals surface area contributed by atoms with Crippen molar-refractivity contribution >= 4 is 23.2 Å². The second-order valence-corrected chi connectivity index (χ2v) is 5.21. The summed E-state index contributed by atoms with van der Waals surface area (Å²) in [4.78, 5) is 11.8. The number of carbonyl (C=O) groups is 1. The fraction of sp³-hybridized carbons (Fsp3) is 0.500. The molecule has 1 fully saturated rings. The zero-order valence-corrected chi connectivity index (χ0v) is 11.7. The summed E-state index contributed by atoms with van der Waals surface area (Å²) >= 11 is 5.78. The predicted octanol–water partition coefficient (Wildman–Crippen LogP) is 2.44.